The van der Waals surface area contributed by atoms with Gasteiger partial charge in [0.1, 0.15) is 11.4 Å². The average Bonchev–Trinajstić information content (AvgIpc) is 2.48. The van der Waals surface area contributed by atoms with Gasteiger partial charge < -0.3 is 9.84 Å². The summed E-state index contributed by atoms with van der Waals surface area (Å²) >= 11 is 0. The van der Waals surface area contributed by atoms with Gasteiger partial charge in [0.2, 0.25) is 0 Å². The van der Waals surface area contributed by atoms with Crippen molar-refractivity contribution in [3.8, 4) is 5.75 Å². The molecule has 0 radical (unpaired) electrons. The highest BCUT2D eigenvalue weighted by Crippen LogP contribution is 2.35. The van der Waals surface area contributed by atoms with Crippen molar-refractivity contribution in [3.63, 3.8) is 0 Å². The summed E-state index contributed by atoms with van der Waals surface area (Å²) in [5.74, 6) is 0.704. The summed E-state index contributed by atoms with van der Waals surface area (Å²) in [6.07, 6.45) is 2.19. The van der Waals surface area contributed by atoms with Crippen LogP contribution in [0.15, 0.2) is 48.5 Å². The Kier molecular flexibility index (Phi) is 4.46. The third-order valence-corrected chi connectivity index (χ3v) is 3.69. The molecular formula is C18H22O2. The summed E-state index contributed by atoms with van der Waals surface area (Å²) in [6, 6.07) is 15.8. The number of hydrogen-bond donors (Lipinski definition) is 1. The van der Waals surface area contributed by atoms with Crippen LogP contribution in [0.3, 0.4) is 0 Å². The van der Waals surface area contributed by atoms with Crippen LogP contribution in [-0.2, 0) is 12.0 Å². The van der Waals surface area contributed by atoms with Crippen LogP contribution in [0, 0.1) is 0 Å². The molecular weight excluding hydrogens is 248 g/mol. The minimum absolute atomic E-state index is 0.704. The Morgan fingerprint density at radius 1 is 1.05 bits per heavy atom. The topological polar surface area (TPSA) is 29.5 Å². The van der Waals surface area contributed by atoms with Crippen molar-refractivity contribution in [1.82, 2.24) is 0 Å². The van der Waals surface area contributed by atoms with E-state index in [0.717, 1.165) is 24.0 Å². The van der Waals surface area contributed by atoms with E-state index in [0.29, 0.717) is 5.75 Å². The fourth-order valence-electron chi connectivity index (χ4n) is 2.49. The standard InChI is InChI=1S/C18H22O2/c1-4-7-14-10-12-15(13-11-14)18(2,19)16-8-5-6-9-17(16)20-3/h5-6,8-13,19H,4,7H2,1-3H3. The van der Waals surface area contributed by atoms with Crippen LogP contribution in [0.1, 0.15) is 37.0 Å². The molecule has 0 saturated heterocycles. The molecule has 2 aromatic rings. The normalized spacial score (nSPS) is 13.8. The third-order valence-electron chi connectivity index (χ3n) is 3.69. The molecule has 0 aliphatic heterocycles. The van der Waals surface area contributed by atoms with Crippen LogP contribution >= 0.6 is 0 Å². The summed E-state index contributed by atoms with van der Waals surface area (Å²) in [6.45, 7) is 3.97. The van der Waals surface area contributed by atoms with Crippen molar-refractivity contribution >= 4 is 0 Å². The Labute approximate surface area is 121 Å². The van der Waals surface area contributed by atoms with Gasteiger partial charge in [-0.05, 0) is 30.5 Å². The van der Waals surface area contributed by atoms with Crippen molar-refractivity contribution in [1.29, 1.82) is 0 Å². The van der Waals surface area contributed by atoms with Gasteiger partial charge in [-0.3, -0.25) is 0 Å². The molecule has 2 heteroatoms. The molecule has 0 heterocycles. The molecule has 0 aliphatic rings. The van der Waals surface area contributed by atoms with Gasteiger partial charge in [0.05, 0.1) is 7.11 Å². The summed E-state index contributed by atoms with van der Waals surface area (Å²) in [5.41, 5.74) is 1.90. The van der Waals surface area contributed by atoms with Gasteiger partial charge in [-0.1, -0.05) is 55.8 Å². The minimum Gasteiger partial charge on any atom is -0.496 e. The number of aliphatic hydroxyl groups is 1. The lowest BCUT2D eigenvalue weighted by molar-refractivity contribution is 0.0989. The van der Waals surface area contributed by atoms with Gasteiger partial charge in [-0.25, -0.2) is 0 Å². The highest BCUT2D eigenvalue weighted by Gasteiger charge is 2.28. The smallest absolute Gasteiger partial charge is 0.125 e. The fourth-order valence-corrected chi connectivity index (χ4v) is 2.49. The second-order valence-corrected chi connectivity index (χ2v) is 5.22. The van der Waals surface area contributed by atoms with E-state index in [1.165, 1.54) is 5.56 Å². The number of para-hydroxylation sites is 1. The van der Waals surface area contributed by atoms with E-state index < -0.39 is 5.60 Å². The Balaban J connectivity index is 2.38. The molecule has 0 bridgehead atoms. The van der Waals surface area contributed by atoms with Crippen LogP contribution in [0.4, 0.5) is 0 Å². The van der Waals surface area contributed by atoms with Crippen LogP contribution in [0.25, 0.3) is 0 Å². The first-order valence-corrected chi connectivity index (χ1v) is 7.05. The predicted molar refractivity (Wildman–Crippen MR) is 82.1 cm³/mol. The second kappa shape index (κ2) is 6.10. The van der Waals surface area contributed by atoms with Crippen molar-refractivity contribution < 1.29 is 9.84 Å². The summed E-state index contributed by atoms with van der Waals surface area (Å²) in [5, 5.41) is 10.9. The molecule has 20 heavy (non-hydrogen) atoms. The largest absolute Gasteiger partial charge is 0.496 e. The number of benzene rings is 2. The first-order chi connectivity index (χ1) is 9.59. The summed E-state index contributed by atoms with van der Waals surface area (Å²) in [7, 11) is 1.62. The van der Waals surface area contributed by atoms with Crippen LogP contribution in [0.5, 0.6) is 5.75 Å². The number of rotatable bonds is 5. The average molecular weight is 270 g/mol. The molecule has 0 spiro atoms. The monoisotopic (exact) mass is 270 g/mol. The second-order valence-electron chi connectivity index (χ2n) is 5.22. The van der Waals surface area contributed by atoms with Crippen LogP contribution in [-0.4, -0.2) is 12.2 Å². The molecule has 0 saturated carbocycles. The number of methoxy groups -OCH3 is 1. The molecule has 2 nitrogen and oxygen atoms in total. The molecule has 0 fully saturated rings. The zero-order valence-electron chi connectivity index (χ0n) is 12.4. The Morgan fingerprint density at radius 2 is 1.70 bits per heavy atom. The maximum absolute atomic E-state index is 10.9. The molecule has 0 aliphatic carbocycles. The molecule has 0 amide bonds. The molecule has 1 atom stereocenters. The van der Waals surface area contributed by atoms with Gasteiger partial charge in [0, 0.05) is 5.56 Å². The molecule has 0 aromatic heterocycles. The SMILES string of the molecule is CCCc1ccc(C(C)(O)c2ccccc2OC)cc1. The maximum atomic E-state index is 10.9. The van der Waals surface area contributed by atoms with E-state index in [1.54, 1.807) is 14.0 Å². The van der Waals surface area contributed by atoms with Gasteiger partial charge in [0.25, 0.3) is 0 Å². The van der Waals surface area contributed by atoms with Gasteiger partial charge >= 0.3 is 0 Å². The van der Waals surface area contributed by atoms with Gasteiger partial charge in [-0.2, -0.15) is 0 Å². The highest BCUT2D eigenvalue weighted by molar-refractivity contribution is 5.44. The quantitative estimate of drug-likeness (QED) is 0.892. The van der Waals surface area contributed by atoms with Crippen molar-refractivity contribution in [3.05, 3.63) is 65.2 Å². The lowest BCUT2D eigenvalue weighted by Gasteiger charge is -2.26. The van der Waals surface area contributed by atoms with Gasteiger partial charge in [-0.15, -0.1) is 0 Å². The van der Waals surface area contributed by atoms with Crippen molar-refractivity contribution in [2.24, 2.45) is 0 Å². The molecule has 2 rings (SSSR count). The van der Waals surface area contributed by atoms with Crippen molar-refractivity contribution in [2.75, 3.05) is 7.11 Å². The first-order valence-electron chi connectivity index (χ1n) is 7.05. The molecule has 2 aromatic carbocycles. The van der Waals surface area contributed by atoms with E-state index in [1.807, 2.05) is 36.4 Å². The molecule has 1 unspecified atom stereocenters. The molecule has 1 N–H and O–H groups in total. The van der Waals surface area contributed by atoms with Crippen LogP contribution < -0.4 is 4.74 Å². The zero-order chi connectivity index (χ0) is 14.6. The summed E-state index contributed by atoms with van der Waals surface area (Å²) < 4.78 is 5.36. The van der Waals surface area contributed by atoms with E-state index in [9.17, 15) is 5.11 Å². The van der Waals surface area contributed by atoms with Gasteiger partial charge in [0.15, 0.2) is 0 Å². The van der Waals surface area contributed by atoms with E-state index in [4.69, 9.17) is 4.74 Å². The molecule has 106 valence electrons. The summed E-state index contributed by atoms with van der Waals surface area (Å²) in [4.78, 5) is 0. The minimum atomic E-state index is -1.06. The van der Waals surface area contributed by atoms with E-state index in [-0.39, 0.29) is 0 Å². The number of ether oxygens (including phenoxy) is 1. The predicted octanol–water partition coefficient (Wildman–Crippen LogP) is 3.90. The lowest BCUT2D eigenvalue weighted by atomic mass is 9.87. The maximum Gasteiger partial charge on any atom is 0.125 e. The van der Waals surface area contributed by atoms with Crippen molar-refractivity contribution in [2.45, 2.75) is 32.3 Å². The van der Waals surface area contributed by atoms with Crippen LogP contribution in [0.2, 0.25) is 0 Å². The van der Waals surface area contributed by atoms with E-state index >= 15 is 0 Å². The third kappa shape index (κ3) is 2.86. The number of hydrogen-bond acceptors (Lipinski definition) is 2. The van der Waals surface area contributed by atoms with E-state index in [2.05, 4.69) is 19.1 Å². The fraction of sp³-hybridized carbons (Fsp3) is 0.333. The Hall–Kier alpha value is -1.80. The zero-order valence-corrected chi connectivity index (χ0v) is 12.4. The Morgan fingerprint density at radius 3 is 2.30 bits per heavy atom. The Bertz CT molecular complexity index is 556. The number of aryl methyl sites for hydroxylation is 1. The highest BCUT2D eigenvalue weighted by atomic mass is 16.5. The lowest BCUT2D eigenvalue weighted by Crippen LogP contribution is -2.23. The first kappa shape index (κ1) is 14.6.